The first-order valence-corrected chi connectivity index (χ1v) is 6.35. The lowest BCUT2D eigenvalue weighted by Gasteiger charge is -2.10. The molecule has 0 N–H and O–H groups in total. The molecule has 0 amide bonds. The third-order valence-electron chi connectivity index (χ3n) is 2.58. The predicted molar refractivity (Wildman–Crippen MR) is 66.9 cm³/mol. The Morgan fingerprint density at radius 1 is 1.31 bits per heavy atom. The molecule has 0 saturated heterocycles. The van der Waals surface area contributed by atoms with E-state index in [9.17, 15) is 0 Å². The van der Waals surface area contributed by atoms with Gasteiger partial charge in [0.25, 0.3) is 0 Å². The maximum Gasteiger partial charge on any atom is 0.152 e. The van der Waals surface area contributed by atoms with Crippen LogP contribution in [0, 0.1) is 0 Å². The van der Waals surface area contributed by atoms with E-state index in [1.807, 2.05) is 0 Å². The number of rotatable bonds is 7. The van der Waals surface area contributed by atoms with E-state index in [2.05, 4.69) is 23.4 Å². The first kappa shape index (κ1) is 13.5. The molecular weight excluding hydrogens is 224 g/mol. The summed E-state index contributed by atoms with van der Waals surface area (Å²) in [7, 11) is 1.69. The average molecular weight is 245 g/mol. The molecule has 4 heteroatoms. The second-order valence-corrected chi connectivity index (χ2v) is 4.31. The van der Waals surface area contributed by atoms with Crippen LogP contribution >= 0.6 is 11.6 Å². The van der Waals surface area contributed by atoms with E-state index in [4.69, 9.17) is 16.3 Å². The van der Waals surface area contributed by atoms with Gasteiger partial charge < -0.3 is 9.30 Å². The highest BCUT2D eigenvalue weighted by Crippen LogP contribution is 2.20. The van der Waals surface area contributed by atoms with Crippen LogP contribution in [0.3, 0.4) is 0 Å². The maximum absolute atomic E-state index is 6.13. The third-order valence-corrected chi connectivity index (χ3v) is 2.89. The first-order chi connectivity index (χ1) is 7.74. The number of nitrogens with zero attached hydrogens (tertiary/aromatic N) is 2. The minimum Gasteiger partial charge on any atom is -0.378 e. The van der Waals surface area contributed by atoms with Crippen LogP contribution in [0.1, 0.15) is 44.6 Å². The molecule has 0 aromatic carbocycles. The number of hydrogen-bond donors (Lipinski definition) is 0. The molecule has 1 aromatic heterocycles. The van der Waals surface area contributed by atoms with Gasteiger partial charge >= 0.3 is 0 Å². The Labute approximate surface area is 103 Å². The number of imidazole rings is 1. The SMILES string of the molecule is CCCCc1nc(Cl)c(COC)n1CCC. The van der Waals surface area contributed by atoms with Crippen molar-refractivity contribution in [3.05, 3.63) is 16.7 Å². The minimum atomic E-state index is 0.540. The van der Waals surface area contributed by atoms with Gasteiger partial charge in [-0.15, -0.1) is 0 Å². The van der Waals surface area contributed by atoms with E-state index in [0.717, 1.165) is 37.3 Å². The number of aryl methyl sites for hydroxylation is 1. The van der Waals surface area contributed by atoms with Crippen LogP contribution in [0.15, 0.2) is 0 Å². The van der Waals surface area contributed by atoms with Gasteiger partial charge in [-0.1, -0.05) is 31.9 Å². The van der Waals surface area contributed by atoms with Crippen molar-refractivity contribution in [2.24, 2.45) is 0 Å². The molecular formula is C12H21ClN2O. The largest absolute Gasteiger partial charge is 0.378 e. The van der Waals surface area contributed by atoms with Gasteiger partial charge in [0.05, 0.1) is 12.3 Å². The van der Waals surface area contributed by atoms with E-state index in [-0.39, 0.29) is 0 Å². The lowest BCUT2D eigenvalue weighted by molar-refractivity contribution is 0.177. The van der Waals surface area contributed by atoms with Crippen LogP contribution in [-0.4, -0.2) is 16.7 Å². The van der Waals surface area contributed by atoms with Crippen LogP contribution in [0.5, 0.6) is 0 Å². The van der Waals surface area contributed by atoms with Crippen molar-refractivity contribution >= 4 is 11.6 Å². The lowest BCUT2D eigenvalue weighted by Crippen LogP contribution is -2.08. The molecule has 0 aliphatic carbocycles. The Kier molecular flexibility index (Phi) is 5.85. The average Bonchev–Trinajstić information content (AvgIpc) is 2.55. The van der Waals surface area contributed by atoms with Crippen molar-refractivity contribution in [2.45, 2.75) is 52.7 Å². The molecule has 16 heavy (non-hydrogen) atoms. The molecule has 1 heterocycles. The monoisotopic (exact) mass is 244 g/mol. The number of methoxy groups -OCH3 is 1. The van der Waals surface area contributed by atoms with Crippen LogP contribution < -0.4 is 0 Å². The summed E-state index contributed by atoms with van der Waals surface area (Å²) in [5.74, 6) is 1.10. The zero-order valence-electron chi connectivity index (χ0n) is 10.4. The fourth-order valence-corrected chi connectivity index (χ4v) is 2.05. The molecule has 92 valence electrons. The summed E-state index contributed by atoms with van der Waals surface area (Å²) in [6.45, 7) is 5.86. The number of halogens is 1. The molecule has 0 spiro atoms. The number of ether oxygens (including phenoxy) is 1. The molecule has 1 rings (SSSR count). The lowest BCUT2D eigenvalue weighted by atomic mass is 10.2. The molecule has 0 radical (unpaired) electrons. The second-order valence-electron chi connectivity index (χ2n) is 3.95. The van der Waals surface area contributed by atoms with Crippen LogP contribution in [0.4, 0.5) is 0 Å². The molecule has 0 unspecified atom stereocenters. The van der Waals surface area contributed by atoms with Crippen molar-refractivity contribution in [1.82, 2.24) is 9.55 Å². The van der Waals surface area contributed by atoms with Crippen molar-refractivity contribution in [1.29, 1.82) is 0 Å². The molecule has 0 bridgehead atoms. The topological polar surface area (TPSA) is 27.1 Å². The summed E-state index contributed by atoms with van der Waals surface area (Å²) in [5, 5.41) is 0.599. The summed E-state index contributed by atoms with van der Waals surface area (Å²) in [6, 6.07) is 0. The van der Waals surface area contributed by atoms with Crippen LogP contribution in [0.2, 0.25) is 5.15 Å². The van der Waals surface area contributed by atoms with E-state index >= 15 is 0 Å². The highest BCUT2D eigenvalue weighted by Gasteiger charge is 2.14. The molecule has 0 atom stereocenters. The Hall–Kier alpha value is -0.540. The van der Waals surface area contributed by atoms with Gasteiger partial charge in [0.15, 0.2) is 5.15 Å². The smallest absolute Gasteiger partial charge is 0.152 e. The number of hydrogen-bond acceptors (Lipinski definition) is 2. The zero-order chi connectivity index (χ0) is 12.0. The Bertz CT molecular complexity index is 323. The zero-order valence-corrected chi connectivity index (χ0v) is 11.2. The first-order valence-electron chi connectivity index (χ1n) is 5.97. The van der Waals surface area contributed by atoms with Gasteiger partial charge in [0.2, 0.25) is 0 Å². The standard InChI is InChI=1S/C12H21ClN2O/c1-4-6-7-11-14-12(13)10(9-16-3)15(11)8-5-2/h4-9H2,1-3H3. The van der Waals surface area contributed by atoms with Crippen molar-refractivity contribution < 1.29 is 4.74 Å². The van der Waals surface area contributed by atoms with Crippen LogP contribution in [0.25, 0.3) is 0 Å². The molecule has 0 saturated carbocycles. The summed E-state index contributed by atoms with van der Waals surface area (Å²) in [6.07, 6.45) is 4.42. The van der Waals surface area contributed by atoms with E-state index in [1.54, 1.807) is 7.11 Å². The van der Waals surface area contributed by atoms with Gasteiger partial charge in [-0.3, -0.25) is 0 Å². The Balaban J connectivity index is 2.92. The van der Waals surface area contributed by atoms with Gasteiger partial charge in [-0.2, -0.15) is 0 Å². The van der Waals surface area contributed by atoms with E-state index in [1.165, 1.54) is 6.42 Å². The van der Waals surface area contributed by atoms with Gasteiger partial charge in [0, 0.05) is 20.1 Å². The highest BCUT2D eigenvalue weighted by molar-refractivity contribution is 6.30. The van der Waals surface area contributed by atoms with Crippen molar-refractivity contribution in [3.8, 4) is 0 Å². The van der Waals surface area contributed by atoms with Crippen LogP contribution in [-0.2, 0) is 24.3 Å². The predicted octanol–water partition coefficient (Wildman–Crippen LogP) is 3.44. The van der Waals surface area contributed by atoms with Gasteiger partial charge in [-0.05, 0) is 12.8 Å². The summed E-state index contributed by atoms with van der Waals surface area (Å²) < 4.78 is 7.38. The molecule has 0 aliphatic rings. The van der Waals surface area contributed by atoms with Gasteiger partial charge in [-0.25, -0.2) is 4.98 Å². The van der Waals surface area contributed by atoms with E-state index < -0.39 is 0 Å². The fraction of sp³-hybridized carbons (Fsp3) is 0.750. The Morgan fingerprint density at radius 2 is 2.06 bits per heavy atom. The van der Waals surface area contributed by atoms with Gasteiger partial charge in [0.1, 0.15) is 5.82 Å². The summed E-state index contributed by atoms with van der Waals surface area (Å²) >= 11 is 6.13. The number of aromatic nitrogens is 2. The Morgan fingerprint density at radius 3 is 2.62 bits per heavy atom. The molecule has 0 fully saturated rings. The quantitative estimate of drug-likeness (QED) is 0.735. The summed E-state index contributed by atoms with van der Waals surface area (Å²) in [5.41, 5.74) is 1.01. The normalized spacial score (nSPS) is 11.0. The highest BCUT2D eigenvalue weighted by atomic mass is 35.5. The summed E-state index contributed by atoms with van der Waals surface area (Å²) in [4.78, 5) is 4.43. The fourth-order valence-electron chi connectivity index (χ4n) is 1.79. The van der Waals surface area contributed by atoms with E-state index in [0.29, 0.717) is 11.8 Å². The molecule has 1 aromatic rings. The number of unbranched alkanes of at least 4 members (excludes halogenated alkanes) is 1. The second kappa shape index (κ2) is 6.92. The van der Waals surface area contributed by atoms with Crippen molar-refractivity contribution in [3.63, 3.8) is 0 Å². The third kappa shape index (κ3) is 3.22. The maximum atomic E-state index is 6.13. The van der Waals surface area contributed by atoms with Crippen molar-refractivity contribution in [2.75, 3.05) is 7.11 Å². The minimum absolute atomic E-state index is 0.540. The molecule has 0 aliphatic heterocycles. The molecule has 3 nitrogen and oxygen atoms in total.